The largest absolute Gasteiger partial charge is 0.400 e. The molecule has 4 heteroatoms. The molecule has 0 unspecified atom stereocenters. The minimum atomic E-state index is -0.750. The Morgan fingerprint density at radius 2 is 1.12 bits per heavy atom. The van der Waals surface area contributed by atoms with Gasteiger partial charge in [0.15, 0.2) is 4.30 Å². The number of hydrogen-bond acceptors (Lipinski definition) is 1. The summed E-state index contributed by atoms with van der Waals surface area (Å²) in [7, 11) is 1.00. The van der Waals surface area contributed by atoms with Crippen molar-refractivity contribution in [2.45, 2.75) is 11.2 Å². The molecule has 0 aromatic carbocycles. The summed E-state index contributed by atoms with van der Waals surface area (Å²) in [5, 5.41) is 7.00. The molecule has 0 aromatic heterocycles. The monoisotopic (exact) mass is 179 g/mol. The molecule has 0 spiro atoms. The first-order valence-corrected chi connectivity index (χ1v) is 3.12. The van der Waals surface area contributed by atoms with Crippen LogP contribution in [-0.4, -0.2) is 16.5 Å². The van der Waals surface area contributed by atoms with E-state index in [0.717, 1.165) is 7.11 Å². The molecule has 0 saturated heterocycles. The summed E-state index contributed by atoms with van der Waals surface area (Å²) < 4.78 is -0.750. The summed E-state index contributed by atoms with van der Waals surface area (Å²) in [6.07, 6.45) is 0. The Bertz CT molecular complexity index is 16.0. The highest BCUT2D eigenvalue weighted by atomic mass is 35.6. The fourth-order valence-corrected chi connectivity index (χ4v) is 0. The number of rotatable bonds is 0. The van der Waals surface area contributed by atoms with Crippen molar-refractivity contribution < 1.29 is 5.11 Å². The maximum Gasteiger partial charge on any atom is 0.180 e. The summed E-state index contributed by atoms with van der Waals surface area (Å²) in [6, 6.07) is 0. The topological polar surface area (TPSA) is 20.2 Å². The van der Waals surface area contributed by atoms with Crippen molar-refractivity contribution in [1.29, 1.82) is 0 Å². The highest BCUT2D eigenvalue weighted by Gasteiger charge is 1.78. The molecule has 0 aliphatic rings. The van der Waals surface area contributed by atoms with E-state index in [-0.39, 0.29) is 0 Å². The lowest BCUT2D eigenvalue weighted by atomic mass is 11.0. The zero-order chi connectivity index (χ0) is 7.58. The minimum absolute atomic E-state index is 0.750. The maximum absolute atomic E-state index is 7.00. The van der Waals surface area contributed by atoms with Gasteiger partial charge < -0.3 is 5.11 Å². The van der Waals surface area contributed by atoms with Crippen LogP contribution in [0.2, 0.25) is 0 Å². The molecule has 0 atom stereocenters. The van der Waals surface area contributed by atoms with Crippen LogP contribution >= 0.6 is 34.8 Å². The van der Waals surface area contributed by atoms with Crippen LogP contribution in [0.5, 0.6) is 0 Å². The number of aliphatic hydroxyl groups is 1. The summed E-state index contributed by atoms with van der Waals surface area (Å²) in [5.41, 5.74) is 0. The van der Waals surface area contributed by atoms with Gasteiger partial charge in [-0.2, -0.15) is 0 Å². The van der Waals surface area contributed by atoms with Crippen LogP contribution < -0.4 is 0 Å². The van der Waals surface area contributed by atoms with E-state index in [1.807, 2.05) is 0 Å². The van der Waals surface area contributed by atoms with E-state index in [4.69, 9.17) is 39.9 Å². The average molecular weight is 180 g/mol. The normalized spacial score (nSPS) is 6.00. The van der Waals surface area contributed by atoms with Crippen molar-refractivity contribution in [3.63, 3.8) is 0 Å². The van der Waals surface area contributed by atoms with Crippen LogP contribution in [-0.2, 0) is 0 Å². The van der Waals surface area contributed by atoms with Gasteiger partial charge in [-0.3, -0.25) is 0 Å². The third kappa shape index (κ3) is 337. The fraction of sp³-hybridized carbons (Fsp3) is 0.750. The second-order valence-electron chi connectivity index (χ2n) is 0.247. The highest BCUT2D eigenvalue weighted by Crippen LogP contribution is 2.03. The molecule has 0 fully saturated rings. The standard InChI is InChI=1S/C2H5.CHCl3.CH4O/c1-2;2-1(3)4;1-2/h1H2,2H3;1H;2H,1H3. The second kappa shape index (κ2) is 24.9. The van der Waals surface area contributed by atoms with Crippen LogP contribution in [0.3, 0.4) is 0 Å². The summed E-state index contributed by atoms with van der Waals surface area (Å²) in [5.74, 6) is 0. The van der Waals surface area contributed by atoms with Crippen LogP contribution in [0.4, 0.5) is 0 Å². The lowest BCUT2D eigenvalue weighted by Gasteiger charge is -1.69. The Balaban J connectivity index is -0.0000000542. The van der Waals surface area contributed by atoms with Crippen molar-refractivity contribution in [1.82, 2.24) is 0 Å². The zero-order valence-corrected chi connectivity index (χ0v) is 7.13. The first-order valence-electron chi connectivity index (χ1n) is 1.81. The molecule has 0 aromatic rings. The van der Waals surface area contributed by atoms with Gasteiger partial charge in [0, 0.05) is 7.11 Å². The Hall–Kier alpha value is 0.830. The fourth-order valence-electron chi connectivity index (χ4n) is 0. The van der Waals surface area contributed by atoms with E-state index in [9.17, 15) is 0 Å². The van der Waals surface area contributed by atoms with Gasteiger partial charge in [0.25, 0.3) is 0 Å². The van der Waals surface area contributed by atoms with Gasteiger partial charge in [0.2, 0.25) is 0 Å². The Kier molecular flexibility index (Phi) is 49.6. The molecule has 0 amide bonds. The van der Waals surface area contributed by atoms with Crippen molar-refractivity contribution in [3.8, 4) is 0 Å². The minimum Gasteiger partial charge on any atom is -0.400 e. The molecule has 1 radical (unpaired) electrons. The van der Waals surface area contributed by atoms with Crippen molar-refractivity contribution >= 4 is 34.8 Å². The molecule has 0 aliphatic heterocycles. The van der Waals surface area contributed by atoms with Gasteiger partial charge >= 0.3 is 0 Å². The molecule has 0 aliphatic carbocycles. The predicted molar refractivity (Wildman–Crippen MR) is 40.5 cm³/mol. The zero-order valence-electron chi connectivity index (χ0n) is 4.87. The summed E-state index contributed by atoms with van der Waals surface area (Å²) in [6.45, 7) is 5.00. The number of hydrogen-bond donors (Lipinski definition) is 1. The van der Waals surface area contributed by atoms with Crippen molar-refractivity contribution in [3.05, 3.63) is 6.92 Å². The molecule has 0 bridgehead atoms. The van der Waals surface area contributed by atoms with E-state index in [0.29, 0.717) is 0 Å². The van der Waals surface area contributed by atoms with Crippen LogP contribution in [0, 0.1) is 6.92 Å². The van der Waals surface area contributed by atoms with E-state index in [2.05, 4.69) is 6.92 Å². The summed E-state index contributed by atoms with van der Waals surface area (Å²) >= 11 is 14.4. The molecule has 0 saturated carbocycles. The first kappa shape index (κ1) is 15.9. The maximum atomic E-state index is 7.00. The lowest BCUT2D eigenvalue weighted by Crippen LogP contribution is -1.55. The van der Waals surface area contributed by atoms with Gasteiger partial charge in [-0.15, -0.1) is 0 Å². The Morgan fingerprint density at radius 1 is 1.12 bits per heavy atom. The van der Waals surface area contributed by atoms with E-state index in [1.165, 1.54) is 0 Å². The molecular weight excluding hydrogens is 170 g/mol. The molecule has 1 nitrogen and oxygen atoms in total. The third-order valence-corrected chi connectivity index (χ3v) is 0. The first-order chi connectivity index (χ1) is 3.73. The molecule has 0 rings (SSSR count). The van der Waals surface area contributed by atoms with Crippen molar-refractivity contribution in [2.75, 3.05) is 7.11 Å². The quantitative estimate of drug-likeness (QED) is 0.568. The van der Waals surface area contributed by atoms with Gasteiger partial charge in [-0.1, -0.05) is 48.7 Å². The van der Waals surface area contributed by atoms with Crippen molar-refractivity contribution in [2.24, 2.45) is 0 Å². The smallest absolute Gasteiger partial charge is 0.180 e. The van der Waals surface area contributed by atoms with Gasteiger partial charge in [0.1, 0.15) is 0 Å². The van der Waals surface area contributed by atoms with Gasteiger partial charge in [-0.25, -0.2) is 0 Å². The van der Waals surface area contributed by atoms with E-state index < -0.39 is 4.30 Å². The molecule has 53 valence electrons. The predicted octanol–water partition coefficient (Wildman–Crippen LogP) is 2.44. The number of alkyl halides is 3. The molecular formula is C4H10Cl3O. The Morgan fingerprint density at radius 3 is 1.12 bits per heavy atom. The SMILES string of the molecule is CO.ClC(Cl)Cl.[CH2]C. The number of aliphatic hydroxyl groups excluding tert-OH is 1. The molecule has 0 heterocycles. The van der Waals surface area contributed by atoms with Crippen LogP contribution in [0.1, 0.15) is 6.92 Å². The van der Waals surface area contributed by atoms with E-state index >= 15 is 0 Å². The van der Waals surface area contributed by atoms with Gasteiger partial charge in [-0.05, 0) is 0 Å². The average Bonchev–Trinajstić information content (AvgIpc) is 1.75. The van der Waals surface area contributed by atoms with Gasteiger partial charge in [0.05, 0.1) is 0 Å². The molecule has 8 heavy (non-hydrogen) atoms. The Labute approximate surface area is 65.5 Å². The molecule has 1 N–H and O–H groups in total. The third-order valence-electron chi connectivity index (χ3n) is 0. The van der Waals surface area contributed by atoms with Crippen LogP contribution in [0.25, 0.3) is 0 Å². The number of halogens is 3. The second-order valence-corrected chi connectivity index (χ2v) is 2.23. The van der Waals surface area contributed by atoms with E-state index in [1.54, 1.807) is 6.92 Å². The van der Waals surface area contributed by atoms with Crippen LogP contribution in [0.15, 0.2) is 0 Å². The highest BCUT2D eigenvalue weighted by molar-refractivity contribution is 6.63. The lowest BCUT2D eigenvalue weighted by molar-refractivity contribution is 0.399. The summed E-state index contributed by atoms with van der Waals surface area (Å²) in [4.78, 5) is 0.